The molecule has 19 heavy (non-hydrogen) atoms. The smallest absolute Gasteiger partial charge is 0.109 e. The number of likely N-dealkylation sites (tertiary alicyclic amines) is 1. The third kappa shape index (κ3) is 3.09. The van der Waals surface area contributed by atoms with Crippen molar-refractivity contribution in [3.63, 3.8) is 0 Å². The molecular formula is C13H25NO5. The summed E-state index contributed by atoms with van der Waals surface area (Å²) in [6.45, 7) is -0.293. The molecule has 112 valence electrons. The normalized spacial score (nSPS) is 40.3. The van der Waals surface area contributed by atoms with Gasteiger partial charge in [0.25, 0.3) is 0 Å². The van der Waals surface area contributed by atoms with Crippen molar-refractivity contribution >= 4 is 0 Å². The van der Waals surface area contributed by atoms with Crippen LogP contribution in [0.5, 0.6) is 0 Å². The van der Waals surface area contributed by atoms with Crippen LogP contribution in [0.3, 0.4) is 0 Å². The largest absolute Gasteiger partial charge is 0.391 e. The maximum absolute atomic E-state index is 10.5. The van der Waals surface area contributed by atoms with Crippen molar-refractivity contribution in [2.45, 2.75) is 62.6 Å². The zero-order valence-corrected chi connectivity index (χ0v) is 11.1. The van der Waals surface area contributed by atoms with E-state index in [2.05, 4.69) is 0 Å². The monoisotopic (exact) mass is 275 g/mol. The Bertz CT molecular complexity index is 282. The molecule has 2 rings (SSSR count). The molecule has 2 fully saturated rings. The Balaban J connectivity index is 2.09. The van der Waals surface area contributed by atoms with Crippen molar-refractivity contribution in [2.24, 2.45) is 5.92 Å². The van der Waals surface area contributed by atoms with E-state index < -0.39 is 30.5 Å². The molecule has 1 saturated carbocycles. The van der Waals surface area contributed by atoms with Crippen LogP contribution in [0.15, 0.2) is 0 Å². The van der Waals surface area contributed by atoms with Gasteiger partial charge in [-0.05, 0) is 18.8 Å². The highest BCUT2D eigenvalue weighted by atomic mass is 16.4. The van der Waals surface area contributed by atoms with E-state index in [1.54, 1.807) is 0 Å². The molecule has 6 heteroatoms. The molecule has 0 radical (unpaired) electrons. The zero-order valence-electron chi connectivity index (χ0n) is 11.1. The number of piperidine rings is 1. The Kier molecular flexibility index (Phi) is 5.16. The summed E-state index contributed by atoms with van der Waals surface area (Å²) in [6, 6.07) is -0.716. The predicted molar refractivity (Wildman–Crippen MR) is 68.2 cm³/mol. The van der Waals surface area contributed by atoms with Gasteiger partial charge in [0.15, 0.2) is 0 Å². The fourth-order valence-corrected chi connectivity index (χ4v) is 3.44. The standard InChI is InChI=1S/C13H25NO5/c15-7-14-6-9(16)12(18)13(19)10(14)11(17)8-4-2-1-3-5-8/h8-13,15-19H,1-7H2/t9-,10?,11+,12+,13+/m0/s1. The quantitative estimate of drug-likeness (QED) is 0.436. The summed E-state index contributed by atoms with van der Waals surface area (Å²) in [7, 11) is 0. The molecule has 0 aromatic heterocycles. The Hall–Kier alpha value is -0.240. The second-order valence-corrected chi connectivity index (χ2v) is 5.84. The highest BCUT2D eigenvalue weighted by Gasteiger charge is 2.46. The summed E-state index contributed by atoms with van der Waals surface area (Å²) in [5.74, 6) is 0.0879. The third-order valence-corrected chi connectivity index (χ3v) is 4.60. The molecular weight excluding hydrogens is 250 g/mol. The fraction of sp³-hybridized carbons (Fsp3) is 1.00. The molecule has 0 aromatic rings. The summed E-state index contributed by atoms with van der Waals surface area (Å²) in [4.78, 5) is 1.45. The number of rotatable bonds is 3. The minimum atomic E-state index is -1.27. The Morgan fingerprint density at radius 1 is 1.00 bits per heavy atom. The first-order valence-corrected chi connectivity index (χ1v) is 7.13. The average molecular weight is 275 g/mol. The van der Waals surface area contributed by atoms with Crippen LogP contribution in [0, 0.1) is 5.92 Å². The van der Waals surface area contributed by atoms with E-state index in [9.17, 15) is 25.5 Å². The van der Waals surface area contributed by atoms with E-state index in [1.807, 2.05) is 0 Å². The first-order chi connectivity index (χ1) is 9.06. The molecule has 1 saturated heterocycles. The summed E-state index contributed by atoms with van der Waals surface area (Å²) >= 11 is 0. The molecule has 1 heterocycles. The highest BCUT2D eigenvalue weighted by molar-refractivity contribution is 4.98. The van der Waals surface area contributed by atoms with Crippen molar-refractivity contribution in [3.8, 4) is 0 Å². The molecule has 1 unspecified atom stereocenters. The van der Waals surface area contributed by atoms with Gasteiger partial charge in [-0.1, -0.05) is 19.3 Å². The maximum Gasteiger partial charge on any atom is 0.109 e. The van der Waals surface area contributed by atoms with Crippen LogP contribution < -0.4 is 0 Å². The van der Waals surface area contributed by atoms with Gasteiger partial charge in [0.1, 0.15) is 12.2 Å². The van der Waals surface area contributed by atoms with Crippen LogP contribution in [0.2, 0.25) is 0 Å². The van der Waals surface area contributed by atoms with Gasteiger partial charge >= 0.3 is 0 Å². The van der Waals surface area contributed by atoms with Crippen LogP contribution in [0.4, 0.5) is 0 Å². The Morgan fingerprint density at radius 2 is 1.63 bits per heavy atom. The lowest BCUT2D eigenvalue weighted by molar-refractivity contribution is -0.180. The van der Waals surface area contributed by atoms with Crippen molar-refractivity contribution in [2.75, 3.05) is 13.3 Å². The SMILES string of the molecule is OCN1C[C@H](O)[C@@H](O)[C@H](O)C1[C@H](O)C1CCCCC1. The fourth-order valence-electron chi connectivity index (χ4n) is 3.44. The molecule has 6 nitrogen and oxygen atoms in total. The van der Waals surface area contributed by atoms with Crippen molar-refractivity contribution in [1.29, 1.82) is 0 Å². The lowest BCUT2D eigenvalue weighted by Gasteiger charge is -2.46. The van der Waals surface area contributed by atoms with Crippen LogP contribution in [-0.4, -0.2) is 74.2 Å². The van der Waals surface area contributed by atoms with Crippen LogP contribution in [0.1, 0.15) is 32.1 Å². The van der Waals surface area contributed by atoms with E-state index in [-0.39, 0.29) is 19.2 Å². The van der Waals surface area contributed by atoms with E-state index in [0.717, 1.165) is 25.7 Å². The van der Waals surface area contributed by atoms with Gasteiger partial charge in [0, 0.05) is 6.54 Å². The molecule has 1 aliphatic heterocycles. The number of aliphatic hydroxyl groups excluding tert-OH is 5. The van der Waals surface area contributed by atoms with Gasteiger partial charge in [-0.3, -0.25) is 4.90 Å². The topological polar surface area (TPSA) is 104 Å². The summed E-state index contributed by atoms with van der Waals surface area (Å²) < 4.78 is 0. The van der Waals surface area contributed by atoms with Gasteiger partial charge in [-0.2, -0.15) is 0 Å². The molecule has 0 bridgehead atoms. The second kappa shape index (κ2) is 6.47. The molecule has 5 N–H and O–H groups in total. The van der Waals surface area contributed by atoms with E-state index in [1.165, 1.54) is 11.3 Å². The van der Waals surface area contributed by atoms with Crippen LogP contribution in [0.25, 0.3) is 0 Å². The number of nitrogens with zero attached hydrogens (tertiary/aromatic N) is 1. The first kappa shape index (κ1) is 15.2. The molecule has 0 spiro atoms. The molecule has 0 amide bonds. The lowest BCUT2D eigenvalue weighted by atomic mass is 9.78. The minimum Gasteiger partial charge on any atom is -0.391 e. The van der Waals surface area contributed by atoms with E-state index >= 15 is 0 Å². The van der Waals surface area contributed by atoms with Gasteiger partial charge in [-0.25, -0.2) is 0 Å². The Morgan fingerprint density at radius 3 is 2.21 bits per heavy atom. The van der Waals surface area contributed by atoms with E-state index in [0.29, 0.717) is 0 Å². The zero-order chi connectivity index (χ0) is 14.0. The highest BCUT2D eigenvalue weighted by Crippen LogP contribution is 2.32. The van der Waals surface area contributed by atoms with Gasteiger partial charge in [0.2, 0.25) is 0 Å². The van der Waals surface area contributed by atoms with Gasteiger partial charge in [-0.15, -0.1) is 0 Å². The number of hydrogen-bond donors (Lipinski definition) is 5. The average Bonchev–Trinajstić information content (AvgIpc) is 2.44. The van der Waals surface area contributed by atoms with E-state index in [4.69, 9.17) is 0 Å². The minimum absolute atomic E-state index is 0.0587. The summed E-state index contributed by atoms with van der Waals surface area (Å²) in [5.41, 5.74) is 0. The first-order valence-electron chi connectivity index (χ1n) is 7.13. The van der Waals surface area contributed by atoms with Crippen LogP contribution >= 0.6 is 0 Å². The molecule has 2 aliphatic rings. The molecule has 1 aliphatic carbocycles. The molecule has 0 aromatic carbocycles. The van der Waals surface area contributed by atoms with Gasteiger partial charge < -0.3 is 25.5 Å². The van der Waals surface area contributed by atoms with Crippen molar-refractivity contribution in [1.82, 2.24) is 4.90 Å². The number of hydrogen-bond acceptors (Lipinski definition) is 6. The number of β-amino-alcohol motifs (C(OH)–C–C–N with tert-alkyl or cyclic N) is 1. The summed E-state index contributed by atoms with van der Waals surface area (Å²) in [5, 5.41) is 49.3. The second-order valence-electron chi connectivity index (χ2n) is 5.84. The van der Waals surface area contributed by atoms with Crippen molar-refractivity contribution < 1.29 is 25.5 Å². The predicted octanol–water partition coefficient (Wildman–Crippen LogP) is -1.36. The molecule has 5 atom stereocenters. The maximum atomic E-state index is 10.5. The number of aliphatic hydroxyl groups is 5. The van der Waals surface area contributed by atoms with Crippen molar-refractivity contribution in [3.05, 3.63) is 0 Å². The van der Waals surface area contributed by atoms with Crippen LogP contribution in [-0.2, 0) is 0 Å². The Labute approximate surface area is 113 Å². The third-order valence-electron chi connectivity index (χ3n) is 4.60. The summed E-state index contributed by atoms with van der Waals surface area (Å²) in [6.07, 6.45) is 0.705. The van der Waals surface area contributed by atoms with Gasteiger partial charge in [0.05, 0.1) is 25.0 Å². The lowest BCUT2D eigenvalue weighted by Crippen LogP contribution is -2.66.